The molecule has 0 bridgehead atoms. The molecule has 1 aromatic heterocycles. The van der Waals surface area contributed by atoms with Crippen LogP contribution in [0.15, 0.2) is 30.5 Å². The fraction of sp³-hybridized carbons (Fsp3) is 0.524. The van der Waals surface area contributed by atoms with Gasteiger partial charge in [0.15, 0.2) is 0 Å². The quantitative estimate of drug-likeness (QED) is 0.635. The van der Waals surface area contributed by atoms with E-state index in [1.165, 1.54) is 28.8 Å². The van der Waals surface area contributed by atoms with Crippen molar-refractivity contribution in [2.45, 2.75) is 51.9 Å². The molecule has 168 valence electrons. The van der Waals surface area contributed by atoms with Gasteiger partial charge in [-0.05, 0) is 29.7 Å². The van der Waals surface area contributed by atoms with Crippen LogP contribution >= 0.6 is 0 Å². The van der Waals surface area contributed by atoms with Crippen LogP contribution in [0.4, 0.5) is 10.1 Å². The lowest BCUT2D eigenvalue weighted by molar-refractivity contribution is -0.144. The van der Waals surface area contributed by atoms with Gasteiger partial charge in [0.2, 0.25) is 11.8 Å². The third-order valence-electron chi connectivity index (χ3n) is 5.31. The second kappa shape index (κ2) is 9.01. The summed E-state index contributed by atoms with van der Waals surface area (Å²) in [4.78, 5) is 27.2. The summed E-state index contributed by atoms with van der Waals surface area (Å²) in [7, 11) is 1.51. The summed E-state index contributed by atoms with van der Waals surface area (Å²) in [6.07, 6.45) is 1.14. The van der Waals surface area contributed by atoms with Crippen molar-refractivity contribution < 1.29 is 19.1 Å². The van der Waals surface area contributed by atoms with Gasteiger partial charge in [-0.15, -0.1) is 5.10 Å². The van der Waals surface area contributed by atoms with Gasteiger partial charge in [0, 0.05) is 25.7 Å². The van der Waals surface area contributed by atoms with E-state index in [1.54, 1.807) is 18.3 Å². The Morgan fingerprint density at radius 2 is 1.97 bits per heavy atom. The third-order valence-corrected chi connectivity index (χ3v) is 5.31. The van der Waals surface area contributed by atoms with Crippen molar-refractivity contribution >= 4 is 17.5 Å². The van der Waals surface area contributed by atoms with Crippen molar-refractivity contribution in [1.29, 1.82) is 0 Å². The second-order valence-corrected chi connectivity index (χ2v) is 8.83. The lowest BCUT2D eigenvalue weighted by atomic mass is 9.85. The van der Waals surface area contributed by atoms with Crippen LogP contribution in [-0.2, 0) is 16.1 Å². The van der Waals surface area contributed by atoms with Crippen molar-refractivity contribution in [1.82, 2.24) is 25.2 Å². The minimum atomic E-state index is -0.752. The van der Waals surface area contributed by atoms with Crippen LogP contribution < -0.4 is 10.6 Å². The van der Waals surface area contributed by atoms with Gasteiger partial charge in [-0.25, -0.2) is 9.07 Å². The van der Waals surface area contributed by atoms with Gasteiger partial charge < -0.3 is 20.6 Å². The second-order valence-electron chi connectivity index (χ2n) is 8.83. The summed E-state index contributed by atoms with van der Waals surface area (Å²) in [6, 6.07) is 4.54. The highest BCUT2D eigenvalue weighted by atomic mass is 19.1. The first kappa shape index (κ1) is 22.7. The van der Waals surface area contributed by atoms with Crippen molar-refractivity contribution in [3.05, 3.63) is 42.0 Å². The molecule has 0 aliphatic carbocycles. The van der Waals surface area contributed by atoms with E-state index in [-0.39, 0.29) is 30.6 Å². The number of aliphatic hydroxyl groups is 1. The Bertz CT molecular complexity index is 924. The van der Waals surface area contributed by atoms with Crippen molar-refractivity contribution in [3.63, 3.8) is 0 Å². The average Bonchev–Trinajstić information content (AvgIpc) is 3.32. The zero-order valence-corrected chi connectivity index (χ0v) is 18.2. The Hall–Kier alpha value is -3.01. The number of hydrogen-bond acceptors (Lipinski definition) is 6. The largest absolute Gasteiger partial charge is 0.391 e. The number of halogens is 1. The molecule has 0 spiro atoms. The molecule has 0 radical (unpaired) electrons. The summed E-state index contributed by atoms with van der Waals surface area (Å²) < 4.78 is 14.6. The Labute approximate surface area is 180 Å². The maximum Gasteiger partial charge on any atom is 0.248 e. The molecule has 1 aromatic carbocycles. The molecule has 9 nitrogen and oxygen atoms in total. The monoisotopic (exact) mass is 432 g/mol. The highest BCUT2D eigenvalue weighted by molar-refractivity contribution is 5.90. The Morgan fingerprint density at radius 3 is 2.58 bits per heavy atom. The number of nitrogens with zero attached hydrogens (tertiary/aromatic N) is 4. The van der Waals surface area contributed by atoms with E-state index in [0.29, 0.717) is 12.2 Å². The van der Waals surface area contributed by atoms with E-state index in [1.807, 2.05) is 20.8 Å². The smallest absolute Gasteiger partial charge is 0.248 e. The first-order valence-corrected chi connectivity index (χ1v) is 10.2. The number of nitrogens with one attached hydrogen (secondary N) is 2. The van der Waals surface area contributed by atoms with Crippen LogP contribution in [0.5, 0.6) is 0 Å². The van der Waals surface area contributed by atoms with Gasteiger partial charge in [0.05, 0.1) is 18.8 Å². The number of anilines is 1. The molecule has 10 heteroatoms. The molecule has 2 aromatic rings. The summed E-state index contributed by atoms with van der Waals surface area (Å²) in [5, 5.41) is 24.1. The predicted octanol–water partition coefficient (Wildman–Crippen LogP) is 1.32. The first-order valence-electron chi connectivity index (χ1n) is 10.2. The first-order chi connectivity index (χ1) is 14.6. The van der Waals surface area contributed by atoms with Crippen LogP contribution in [0, 0.1) is 11.2 Å². The number of amides is 2. The molecule has 1 aliphatic heterocycles. The molecular formula is C21H29FN6O3. The minimum Gasteiger partial charge on any atom is -0.391 e. The number of carbonyl (C=O) groups is 2. The highest BCUT2D eigenvalue weighted by Gasteiger charge is 2.44. The van der Waals surface area contributed by atoms with Gasteiger partial charge in [-0.1, -0.05) is 26.0 Å². The van der Waals surface area contributed by atoms with Crippen LogP contribution in [-0.4, -0.2) is 62.6 Å². The number of rotatable bonds is 6. The van der Waals surface area contributed by atoms with Crippen LogP contribution in [0.25, 0.3) is 0 Å². The molecule has 1 saturated heterocycles. The normalized spacial score (nSPS) is 19.9. The number of β-amino-alcohol motifs (C(OH)–C–C–N with tert-alkyl or cyclic N) is 1. The number of likely N-dealkylation sites (tertiary alicyclic amines) is 1. The number of benzene rings is 1. The fourth-order valence-corrected chi connectivity index (χ4v) is 3.79. The van der Waals surface area contributed by atoms with E-state index in [9.17, 15) is 19.1 Å². The Kier molecular flexibility index (Phi) is 6.59. The number of carbonyl (C=O) groups excluding carboxylic acids is 2. The topological polar surface area (TPSA) is 112 Å². The predicted molar refractivity (Wildman–Crippen MR) is 112 cm³/mol. The number of aliphatic hydroxyl groups excluding tert-OH is 1. The third kappa shape index (κ3) is 5.19. The van der Waals surface area contributed by atoms with Gasteiger partial charge >= 0.3 is 0 Å². The number of aromatic nitrogens is 3. The van der Waals surface area contributed by atoms with E-state index in [0.717, 1.165) is 5.69 Å². The summed E-state index contributed by atoms with van der Waals surface area (Å²) in [5.41, 5.74) is 0.822. The molecule has 1 fully saturated rings. The fourth-order valence-electron chi connectivity index (χ4n) is 3.79. The average molecular weight is 433 g/mol. The highest BCUT2D eigenvalue weighted by Crippen LogP contribution is 2.34. The van der Waals surface area contributed by atoms with Crippen LogP contribution in [0.2, 0.25) is 0 Å². The molecule has 3 atom stereocenters. The molecule has 3 rings (SSSR count). The Balaban J connectivity index is 1.79. The zero-order valence-electron chi connectivity index (χ0n) is 18.2. The SMILES string of the molecule is CNC(=O)[C@H]1CC(O)CN1C(=O)C(n1cc(CNc2ccc(F)cc2)nn1)C(C)(C)C. The van der Waals surface area contributed by atoms with Crippen molar-refractivity contribution in [2.75, 3.05) is 18.9 Å². The van der Waals surface area contributed by atoms with E-state index in [4.69, 9.17) is 0 Å². The molecule has 3 N–H and O–H groups in total. The molecule has 1 aliphatic rings. The van der Waals surface area contributed by atoms with E-state index >= 15 is 0 Å². The maximum atomic E-state index is 13.5. The van der Waals surface area contributed by atoms with Gasteiger partial charge in [0.25, 0.3) is 0 Å². The van der Waals surface area contributed by atoms with Crippen molar-refractivity contribution in [2.24, 2.45) is 5.41 Å². The van der Waals surface area contributed by atoms with Gasteiger partial charge in [-0.3, -0.25) is 9.59 Å². The van der Waals surface area contributed by atoms with Crippen molar-refractivity contribution in [3.8, 4) is 0 Å². The van der Waals surface area contributed by atoms with E-state index < -0.39 is 23.6 Å². The zero-order chi connectivity index (χ0) is 22.8. The maximum absolute atomic E-state index is 13.5. The number of hydrogen-bond donors (Lipinski definition) is 3. The minimum absolute atomic E-state index is 0.0944. The summed E-state index contributed by atoms with van der Waals surface area (Å²) in [6.45, 7) is 6.18. The number of likely N-dealkylation sites (N-methyl/N-ethyl adjacent to an activating group) is 1. The lowest BCUT2D eigenvalue weighted by Crippen LogP contribution is -2.49. The molecular weight excluding hydrogens is 403 g/mol. The molecule has 2 heterocycles. The standard InChI is InChI=1S/C21H29FN6O3/c1-21(2,3)18(20(31)27-12-16(29)9-17(27)19(30)23-4)28-11-15(25-26-28)10-24-14-7-5-13(22)6-8-14/h5-8,11,16-18,24,29H,9-10,12H2,1-4H3,(H,23,30)/t16?,17-,18?/m1/s1. The lowest BCUT2D eigenvalue weighted by Gasteiger charge is -2.34. The Morgan fingerprint density at radius 1 is 1.29 bits per heavy atom. The molecule has 2 amide bonds. The molecule has 31 heavy (non-hydrogen) atoms. The van der Waals surface area contributed by atoms with Gasteiger partial charge in [0.1, 0.15) is 23.6 Å². The van der Waals surface area contributed by atoms with Crippen LogP contribution in [0.3, 0.4) is 0 Å². The van der Waals surface area contributed by atoms with E-state index in [2.05, 4.69) is 20.9 Å². The summed E-state index contributed by atoms with van der Waals surface area (Å²) in [5.74, 6) is -0.911. The van der Waals surface area contributed by atoms with Crippen LogP contribution in [0.1, 0.15) is 38.9 Å². The van der Waals surface area contributed by atoms with Gasteiger partial charge in [-0.2, -0.15) is 0 Å². The molecule has 0 saturated carbocycles. The summed E-state index contributed by atoms with van der Waals surface area (Å²) >= 11 is 0. The molecule has 2 unspecified atom stereocenters.